The first-order chi connectivity index (χ1) is 9.97. The Morgan fingerprint density at radius 3 is 2.43 bits per heavy atom. The van der Waals surface area contributed by atoms with Crippen LogP contribution in [0.2, 0.25) is 0 Å². The summed E-state index contributed by atoms with van der Waals surface area (Å²) in [6.45, 7) is 8.70. The maximum absolute atomic E-state index is 5.87. The van der Waals surface area contributed by atoms with E-state index in [0.717, 1.165) is 5.69 Å². The van der Waals surface area contributed by atoms with E-state index in [1.165, 1.54) is 33.2 Å². The van der Waals surface area contributed by atoms with Gasteiger partial charge in [-0.3, -0.25) is 0 Å². The van der Waals surface area contributed by atoms with E-state index < -0.39 is 0 Å². The van der Waals surface area contributed by atoms with Gasteiger partial charge in [0.15, 0.2) is 0 Å². The van der Waals surface area contributed by atoms with E-state index in [-0.39, 0.29) is 0 Å². The molecule has 21 heavy (non-hydrogen) atoms. The number of nitrogens with two attached hydrogens (primary N) is 1. The van der Waals surface area contributed by atoms with Gasteiger partial charge in [-0.05, 0) is 68.7 Å². The molecule has 1 heterocycles. The minimum Gasteiger partial charge on any atom is -0.399 e. The van der Waals surface area contributed by atoms with Crippen molar-refractivity contribution in [2.45, 2.75) is 33.7 Å². The molecule has 0 spiro atoms. The van der Waals surface area contributed by atoms with Crippen molar-refractivity contribution in [2.24, 2.45) is 0 Å². The van der Waals surface area contributed by atoms with Gasteiger partial charge >= 0.3 is 0 Å². The molecule has 0 bridgehead atoms. The fourth-order valence-corrected chi connectivity index (χ4v) is 3.18. The van der Waals surface area contributed by atoms with E-state index in [2.05, 4.69) is 68.8 Å². The third-order valence-electron chi connectivity index (χ3n) is 4.35. The predicted molar refractivity (Wildman–Crippen MR) is 90.8 cm³/mol. The van der Waals surface area contributed by atoms with Crippen molar-refractivity contribution in [3.05, 3.63) is 64.8 Å². The van der Waals surface area contributed by atoms with Crippen LogP contribution in [0.25, 0.3) is 10.9 Å². The Hall–Kier alpha value is -2.22. The highest BCUT2D eigenvalue weighted by atomic mass is 15.0. The van der Waals surface area contributed by atoms with Gasteiger partial charge < -0.3 is 10.3 Å². The monoisotopic (exact) mass is 278 g/mol. The third-order valence-corrected chi connectivity index (χ3v) is 4.35. The fraction of sp³-hybridized carbons (Fsp3) is 0.263. The van der Waals surface area contributed by atoms with Crippen LogP contribution in [0.3, 0.4) is 0 Å². The lowest BCUT2D eigenvalue weighted by atomic mass is 10.0. The van der Waals surface area contributed by atoms with E-state index in [4.69, 9.17) is 5.73 Å². The minimum atomic E-state index is 0.296. The first-order valence-corrected chi connectivity index (χ1v) is 7.41. The zero-order valence-electron chi connectivity index (χ0n) is 13.1. The number of aromatic nitrogens is 1. The van der Waals surface area contributed by atoms with Crippen molar-refractivity contribution in [3.8, 4) is 0 Å². The Balaban J connectivity index is 2.15. The minimum absolute atomic E-state index is 0.296. The summed E-state index contributed by atoms with van der Waals surface area (Å²) in [5.41, 5.74) is 13.2. The van der Waals surface area contributed by atoms with Crippen molar-refractivity contribution in [1.29, 1.82) is 0 Å². The van der Waals surface area contributed by atoms with Crippen molar-refractivity contribution >= 4 is 16.6 Å². The van der Waals surface area contributed by atoms with Gasteiger partial charge in [-0.25, -0.2) is 0 Å². The van der Waals surface area contributed by atoms with Crippen LogP contribution in [0, 0.1) is 20.8 Å². The molecular formula is C19H22N2. The quantitative estimate of drug-likeness (QED) is 0.673. The van der Waals surface area contributed by atoms with Gasteiger partial charge in [-0.2, -0.15) is 0 Å². The van der Waals surface area contributed by atoms with Crippen LogP contribution in [0.4, 0.5) is 5.69 Å². The zero-order valence-corrected chi connectivity index (χ0v) is 13.1. The molecule has 108 valence electrons. The summed E-state index contributed by atoms with van der Waals surface area (Å²) >= 11 is 0. The number of fused-ring (bicyclic) bond motifs is 1. The molecule has 0 saturated heterocycles. The van der Waals surface area contributed by atoms with E-state index in [1.807, 2.05) is 6.07 Å². The Kier molecular flexibility index (Phi) is 3.25. The number of aryl methyl sites for hydroxylation is 3. The molecule has 0 saturated carbocycles. The van der Waals surface area contributed by atoms with Gasteiger partial charge in [0.1, 0.15) is 0 Å². The molecule has 2 nitrogen and oxygen atoms in total. The highest BCUT2D eigenvalue weighted by Crippen LogP contribution is 2.30. The second-order valence-electron chi connectivity index (χ2n) is 6.03. The lowest BCUT2D eigenvalue weighted by Crippen LogP contribution is -2.07. The number of benzene rings is 2. The van der Waals surface area contributed by atoms with Crippen LogP contribution >= 0.6 is 0 Å². The van der Waals surface area contributed by atoms with Crippen LogP contribution < -0.4 is 5.73 Å². The van der Waals surface area contributed by atoms with Crippen molar-refractivity contribution in [1.82, 2.24) is 4.57 Å². The Morgan fingerprint density at radius 1 is 0.952 bits per heavy atom. The van der Waals surface area contributed by atoms with Gasteiger partial charge in [0, 0.05) is 22.8 Å². The van der Waals surface area contributed by atoms with E-state index in [0.29, 0.717) is 6.04 Å². The largest absolute Gasteiger partial charge is 0.399 e. The summed E-state index contributed by atoms with van der Waals surface area (Å²) in [7, 11) is 0. The van der Waals surface area contributed by atoms with Gasteiger partial charge in [-0.15, -0.1) is 0 Å². The van der Waals surface area contributed by atoms with E-state index >= 15 is 0 Å². The summed E-state index contributed by atoms with van der Waals surface area (Å²) in [6.07, 6.45) is 2.25. The van der Waals surface area contributed by atoms with Crippen LogP contribution in [-0.4, -0.2) is 4.57 Å². The summed E-state index contributed by atoms with van der Waals surface area (Å²) in [5.74, 6) is 0. The van der Waals surface area contributed by atoms with E-state index in [9.17, 15) is 0 Å². The molecule has 0 aliphatic carbocycles. The lowest BCUT2D eigenvalue weighted by Gasteiger charge is -2.18. The zero-order chi connectivity index (χ0) is 15.1. The molecule has 0 aliphatic rings. The molecule has 0 amide bonds. The lowest BCUT2D eigenvalue weighted by molar-refractivity contribution is 0.659. The maximum Gasteiger partial charge on any atom is 0.0560 e. The number of nitrogens with zero attached hydrogens (tertiary/aromatic N) is 1. The first-order valence-electron chi connectivity index (χ1n) is 7.41. The smallest absolute Gasteiger partial charge is 0.0560 e. The van der Waals surface area contributed by atoms with Crippen molar-refractivity contribution in [3.63, 3.8) is 0 Å². The molecular weight excluding hydrogens is 256 g/mol. The number of nitrogen functional groups attached to an aromatic ring is 1. The maximum atomic E-state index is 5.87. The molecule has 3 aromatic rings. The standard InChI is InChI=1S/C19H22N2/c1-12-5-8-19-18(9-12)14(3)11-21(19)15(4)17-7-6-16(20)10-13(17)2/h5-11,15H,20H2,1-4H3. The SMILES string of the molecule is Cc1ccc2c(c1)c(C)cn2C(C)c1ccc(N)cc1C. The average Bonchev–Trinajstić information content (AvgIpc) is 2.75. The van der Waals surface area contributed by atoms with Gasteiger partial charge in [0.25, 0.3) is 0 Å². The molecule has 3 rings (SSSR count). The molecule has 2 heteroatoms. The second kappa shape index (κ2) is 4.96. The fourth-order valence-electron chi connectivity index (χ4n) is 3.18. The second-order valence-corrected chi connectivity index (χ2v) is 6.03. The molecule has 0 aliphatic heterocycles. The summed E-state index contributed by atoms with van der Waals surface area (Å²) in [5, 5.41) is 1.34. The molecule has 1 unspecified atom stereocenters. The predicted octanol–water partition coefficient (Wildman–Crippen LogP) is 4.76. The van der Waals surface area contributed by atoms with Crippen LogP contribution in [0.1, 0.15) is 35.2 Å². The summed E-state index contributed by atoms with van der Waals surface area (Å²) in [4.78, 5) is 0. The van der Waals surface area contributed by atoms with Gasteiger partial charge in [-0.1, -0.05) is 17.7 Å². The average molecular weight is 278 g/mol. The molecule has 1 aromatic heterocycles. The first kappa shape index (κ1) is 13.7. The number of anilines is 1. The van der Waals surface area contributed by atoms with Crippen molar-refractivity contribution in [2.75, 3.05) is 5.73 Å². The van der Waals surface area contributed by atoms with Crippen LogP contribution in [0.5, 0.6) is 0 Å². The molecule has 2 aromatic carbocycles. The molecule has 0 radical (unpaired) electrons. The molecule has 0 fully saturated rings. The number of rotatable bonds is 2. The Labute approximate surface area is 126 Å². The Morgan fingerprint density at radius 2 is 1.71 bits per heavy atom. The number of hydrogen-bond donors (Lipinski definition) is 1. The summed E-state index contributed by atoms with van der Waals surface area (Å²) < 4.78 is 2.36. The van der Waals surface area contributed by atoms with Gasteiger partial charge in [0.05, 0.1) is 6.04 Å². The molecule has 1 atom stereocenters. The normalized spacial score (nSPS) is 12.8. The van der Waals surface area contributed by atoms with Crippen LogP contribution in [0.15, 0.2) is 42.6 Å². The molecule has 2 N–H and O–H groups in total. The Bertz CT molecular complexity index is 812. The van der Waals surface area contributed by atoms with Crippen LogP contribution in [-0.2, 0) is 0 Å². The van der Waals surface area contributed by atoms with Gasteiger partial charge in [0.2, 0.25) is 0 Å². The van der Waals surface area contributed by atoms with Crippen molar-refractivity contribution < 1.29 is 0 Å². The third kappa shape index (κ3) is 2.31. The number of hydrogen-bond acceptors (Lipinski definition) is 1. The highest BCUT2D eigenvalue weighted by Gasteiger charge is 2.14. The summed E-state index contributed by atoms with van der Waals surface area (Å²) in [6, 6.07) is 13.1. The topological polar surface area (TPSA) is 30.9 Å². The van der Waals surface area contributed by atoms with E-state index in [1.54, 1.807) is 0 Å². The highest BCUT2D eigenvalue weighted by molar-refractivity contribution is 5.84.